The van der Waals surface area contributed by atoms with Gasteiger partial charge >= 0.3 is 0 Å². The van der Waals surface area contributed by atoms with Crippen LogP contribution in [0.4, 0.5) is 5.69 Å². The molecule has 30 heavy (non-hydrogen) atoms. The zero-order valence-corrected chi connectivity index (χ0v) is 16.3. The maximum Gasteiger partial charge on any atom is 0.195 e. The molecule has 0 amide bonds. The number of hydrogen-bond donors (Lipinski definition) is 1. The lowest BCUT2D eigenvalue weighted by molar-refractivity contribution is 0.103. The number of carbonyl (C=O) groups excluding carboxylic acids is 1. The van der Waals surface area contributed by atoms with Crippen LogP contribution < -0.4 is 10.1 Å². The summed E-state index contributed by atoms with van der Waals surface area (Å²) in [4.78, 5) is 12.8. The molecule has 0 radical (unpaired) electrons. The van der Waals surface area contributed by atoms with Crippen molar-refractivity contribution in [1.82, 2.24) is 20.2 Å². The lowest BCUT2D eigenvalue weighted by Crippen LogP contribution is -2.05. The third-order valence-electron chi connectivity index (χ3n) is 4.49. The molecule has 1 N–H and O–H groups in total. The predicted octanol–water partition coefficient (Wildman–Crippen LogP) is 3.98. The number of methoxy groups -OCH3 is 1. The molecule has 0 atom stereocenters. The molecular formula is C23H19N5O2. The van der Waals surface area contributed by atoms with Crippen molar-refractivity contribution < 1.29 is 9.53 Å². The number of ketones is 1. The number of aromatic nitrogens is 4. The van der Waals surface area contributed by atoms with E-state index in [-0.39, 0.29) is 5.78 Å². The highest BCUT2D eigenvalue weighted by atomic mass is 16.5. The largest absolute Gasteiger partial charge is 0.497 e. The summed E-state index contributed by atoms with van der Waals surface area (Å²) in [5.74, 6) is 1.25. The van der Waals surface area contributed by atoms with Crippen molar-refractivity contribution in [3.63, 3.8) is 0 Å². The molecule has 0 unspecified atom stereocenters. The highest BCUT2D eigenvalue weighted by Crippen LogP contribution is 2.20. The minimum absolute atomic E-state index is 0.0461. The van der Waals surface area contributed by atoms with E-state index in [0.29, 0.717) is 22.6 Å². The molecule has 7 heteroatoms. The smallest absolute Gasteiger partial charge is 0.195 e. The number of anilines is 1. The fourth-order valence-corrected chi connectivity index (χ4v) is 2.96. The topological polar surface area (TPSA) is 81.9 Å². The second-order valence-electron chi connectivity index (χ2n) is 6.37. The number of carbonyl (C=O) groups is 1. The summed E-state index contributed by atoms with van der Waals surface area (Å²) in [5.41, 5.74) is 2.73. The van der Waals surface area contributed by atoms with Crippen molar-refractivity contribution in [3.05, 3.63) is 102 Å². The van der Waals surface area contributed by atoms with E-state index < -0.39 is 0 Å². The Kier molecular flexibility index (Phi) is 5.61. The molecular weight excluding hydrogens is 378 g/mol. The Balaban J connectivity index is 1.54. The number of tetrazole rings is 1. The molecule has 4 aromatic rings. The fraction of sp³-hybridized carbons (Fsp3) is 0.0435. The molecule has 0 bridgehead atoms. The highest BCUT2D eigenvalue weighted by molar-refractivity contribution is 6.12. The van der Waals surface area contributed by atoms with Gasteiger partial charge in [-0.1, -0.05) is 42.5 Å². The summed E-state index contributed by atoms with van der Waals surface area (Å²) in [5, 5.41) is 15.0. The van der Waals surface area contributed by atoms with Crippen molar-refractivity contribution in [1.29, 1.82) is 0 Å². The minimum atomic E-state index is -0.0461. The Hall–Kier alpha value is -4.26. The normalized spacial score (nSPS) is 10.8. The van der Waals surface area contributed by atoms with E-state index >= 15 is 0 Å². The van der Waals surface area contributed by atoms with E-state index in [1.165, 1.54) is 0 Å². The minimum Gasteiger partial charge on any atom is -0.497 e. The molecule has 0 saturated carbocycles. The van der Waals surface area contributed by atoms with Gasteiger partial charge in [-0.2, -0.15) is 4.68 Å². The number of ether oxygens (including phenoxy) is 1. The lowest BCUT2D eigenvalue weighted by atomic mass is 10.0. The Labute approximate surface area is 173 Å². The molecule has 3 aromatic carbocycles. The van der Waals surface area contributed by atoms with Crippen LogP contribution in [-0.4, -0.2) is 33.1 Å². The van der Waals surface area contributed by atoms with Crippen molar-refractivity contribution in [3.8, 4) is 11.4 Å². The van der Waals surface area contributed by atoms with E-state index in [0.717, 1.165) is 11.4 Å². The Morgan fingerprint density at radius 3 is 2.47 bits per heavy atom. The average molecular weight is 397 g/mol. The van der Waals surface area contributed by atoms with Crippen LogP contribution in [0.1, 0.15) is 21.7 Å². The van der Waals surface area contributed by atoms with Crippen LogP contribution in [0.25, 0.3) is 11.8 Å². The van der Waals surface area contributed by atoms with Crippen molar-refractivity contribution in [2.24, 2.45) is 0 Å². The van der Waals surface area contributed by atoms with Crippen LogP contribution in [0.2, 0.25) is 0 Å². The van der Waals surface area contributed by atoms with Gasteiger partial charge in [-0.05, 0) is 46.8 Å². The standard InChI is InChI=1S/C23H19N5O2/c1-30-19-13-11-18(12-14-19)28-22(25-26-27-28)15-16-24-21-10-6-5-9-20(21)23(29)17-7-3-2-4-8-17/h2-16,24H,1H3/b16-15+. The van der Waals surface area contributed by atoms with Gasteiger partial charge in [0.05, 0.1) is 12.8 Å². The van der Waals surface area contributed by atoms with Gasteiger partial charge in [-0.25, -0.2) is 0 Å². The van der Waals surface area contributed by atoms with Crippen LogP contribution in [0.5, 0.6) is 5.75 Å². The van der Waals surface area contributed by atoms with E-state index in [9.17, 15) is 4.79 Å². The van der Waals surface area contributed by atoms with Crippen LogP contribution in [0.3, 0.4) is 0 Å². The molecule has 0 aliphatic heterocycles. The summed E-state index contributed by atoms with van der Waals surface area (Å²) in [6.45, 7) is 0. The number of hydrogen-bond acceptors (Lipinski definition) is 6. The third kappa shape index (κ3) is 4.10. The van der Waals surface area contributed by atoms with Crippen molar-refractivity contribution >= 4 is 17.5 Å². The van der Waals surface area contributed by atoms with Crippen LogP contribution >= 0.6 is 0 Å². The first-order valence-corrected chi connectivity index (χ1v) is 9.31. The molecule has 0 aliphatic rings. The van der Waals surface area contributed by atoms with Crippen molar-refractivity contribution in [2.75, 3.05) is 12.4 Å². The molecule has 0 aliphatic carbocycles. The van der Waals surface area contributed by atoms with Gasteiger partial charge in [0.2, 0.25) is 0 Å². The zero-order chi connectivity index (χ0) is 20.8. The average Bonchev–Trinajstić information content (AvgIpc) is 3.28. The first-order valence-electron chi connectivity index (χ1n) is 9.31. The number of para-hydroxylation sites is 1. The second kappa shape index (κ2) is 8.83. The Bertz CT molecular complexity index is 1170. The molecule has 7 nitrogen and oxygen atoms in total. The summed E-state index contributed by atoms with van der Waals surface area (Å²) in [6.07, 6.45) is 3.46. The summed E-state index contributed by atoms with van der Waals surface area (Å²) >= 11 is 0. The van der Waals surface area contributed by atoms with Gasteiger partial charge < -0.3 is 10.1 Å². The number of rotatable bonds is 7. The van der Waals surface area contributed by atoms with Crippen molar-refractivity contribution in [2.45, 2.75) is 0 Å². The first kappa shape index (κ1) is 19.1. The summed E-state index contributed by atoms with van der Waals surface area (Å²) < 4.78 is 6.79. The van der Waals surface area contributed by atoms with Gasteiger partial charge in [-0.3, -0.25) is 4.79 Å². The van der Waals surface area contributed by atoms with E-state index in [1.807, 2.05) is 60.7 Å². The van der Waals surface area contributed by atoms with Gasteiger partial charge in [0.15, 0.2) is 11.6 Å². The fourth-order valence-electron chi connectivity index (χ4n) is 2.96. The van der Waals surface area contributed by atoms with E-state index in [1.54, 1.807) is 42.3 Å². The first-order chi connectivity index (χ1) is 14.8. The predicted molar refractivity (Wildman–Crippen MR) is 115 cm³/mol. The van der Waals surface area contributed by atoms with Crippen LogP contribution in [0.15, 0.2) is 85.1 Å². The second-order valence-corrected chi connectivity index (χ2v) is 6.37. The van der Waals surface area contributed by atoms with Gasteiger partial charge in [0.1, 0.15) is 5.75 Å². The summed E-state index contributed by atoms with van der Waals surface area (Å²) in [7, 11) is 1.62. The quantitative estimate of drug-likeness (QED) is 0.475. The molecule has 0 saturated heterocycles. The zero-order valence-electron chi connectivity index (χ0n) is 16.3. The van der Waals surface area contributed by atoms with E-state index in [2.05, 4.69) is 20.8 Å². The van der Waals surface area contributed by atoms with Crippen LogP contribution in [-0.2, 0) is 0 Å². The molecule has 1 aromatic heterocycles. The maximum absolute atomic E-state index is 12.8. The number of benzene rings is 3. The monoisotopic (exact) mass is 397 g/mol. The highest BCUT2D eigenvalue weighted by Gasteiger charge is 2.12. The third-order valence-corrected chi connectivity index (χ3v) is 4.49. The molecule has 1 heterocycles. The Morgan fingerprint density at radius 2 is 1.70 bits per heavy atom. The Morgan fingerprint density at radius 1 is 0.967 bits per heavy atom. The van der Waals surface area contributed by atoms with Gasteiger partial charge in [0, 0.05) is 29.1 Å². The molecule has 148 valence electrons. The molecule has 0 fully saturated rings. The van der Waals surface area contributed by atoms with E-state index in [4.69, 9.17) is 4.74 Å². The van der Waals surface area contributed by atoms with Crippen LogP contribution in [0, 0.1) is 0 Å². The maximum atomic E-state index is 12.8. The number of nitrogens with zero attached hydrogens (tertiary/aromatic N) is 4. The molecule has 4 rings (SSSR count). The van der Waals surface area contributed by atoms with Gasteiger partial charge in [-0.15, -0.1) is 5.10 Å². The lowest BCUT2D eigenvalue weighted by Gasteiger charge is -2.08. The summed E-state index contributed by atoms with van der Waals surface area (Å²) in [6, 6.07) is 24.0. The SMILES string of the molecule is COc1ccc(-n2nnnc2/C=C/Nc2ccccc2C(=O)c2ccccc2)cc1. The molecule has 0 spiro atoms. The number of nitrogens with one attached hydrogen (secondary N) is 1. The van der Waals surface area contributed by atoms with Gasteiger partial charge in [0.25, 0.3) is 0 Å².